The number of nitrogens with zero attached hydrogens (tertiary/aromatic N) is 2. The fourth-order valence-corrected chi connectivity index (χ4v) is 2.80. The van der Waals surface area contributed by atoms with Gasteiger partial charge in [0.05, 0.1) is 0 Å². The Morgan fingerprint density at radius 3 is 1.95 bits per heavy atom. The smallest absolute Gasteiger partial charge is 0.220 e. The molecule has 1 amide bonds. The molecule has 0 aliphatic rings. The van der Waals surface area contributed by atoms with Gasteiger partial charge in [0.2, 0.25) is 5.91 Å². The van der Waals surface area contributed by atoms with Crippen LogP contribution in [0.4, 0.5) is 0 Å². The fraction of sp³-hybridized carbons (Fsp3) is 0.389. The first kappa shape index (κ1) is 16.1. The predicted molar refractivity (Wildman–Crippen MR) is 87.2 cm³/mol. The zero-order valence-electron chi connectivity index (χ0n) is 13.1. The topological polar surface area (TPSA) is 68.9 Å². The van der Waals surface area contributed by atoms with E-state index in [0.717, 1.165) is 12.8 Å². The quantitative estimate of drug-likeness (QED) is 0.852. The lowest BCUT2D eigenvalue weighted by atomic mass is 9.81. The molecule has 4 nitrogen and oxygen atoms in total. The molecule has 0 fully saturated rings. The molecule has 0 saturated heterocycles. The number of pyridine rings is 2. The molecule has 3 unspecified atom stereocenters. The second-order valence-electron chi connectivity index (χ2n) is 5.93. The van der Waals surface area contributed by atoms with E-state index in [1.54, 1.807) is 12.4 Å². The Morgan fingerprint density at radius 2 is 1.45 bits per heavy atom. The molecular formula is C18H23N3O. The van der Waals surface area contributed by atoms with Crippen LogP contribution in [0.15, 0.2) is 49.1 Å². The van der Waals surface area contributed by atoms with Crippen LogP contribution in [-0.2, 0) is 4.79 Å². The van der Waals surface area contributed by atoms with Crippen molar-refractivity contribution in [3.05, 3.63) is 60.2 Å². The van der Waals surface area contributed by atoms with Gasteiger partial charge >= 0.3 is 0 Å². The molecule has 3 atom stereocenters. The molecule has 2 N–H and O–H groups in total. The van der Waals surface area contributed by atoms with Gasteiger partial charge in [0, 0.05) is 30.7 Å². The summed E-state index contributed by atoms with van der Waals surface area (Å²) in [5, 5.41) is 0. The molecule has 22 heavy (non-hydrogen) atoms. The van der Waals surface area contributed by atoms with Gasteiger partial charge in [-0.2, -0.15) is 0 Å². The van der Waals surface area contributed by atoms with Crippen LogP contribution in [0.5, 0.6) is 0 Å². The normalized spacial score (nSPS) is 15.0. The summed E-state index contributed by atoms with van der Waals surface area (Å²) >= 11 is 0. The highest BCUT2D eigenvalue weighted by Gasteiger charge is 2.21. The van der Waals surface area contributed by atoms with Gasteiger partial charge in [-0.15, -0.1) is 0 Å². The third kappa shape index (κ3) is 4.38. The van der Waals surface area contributed by atoms with Crippen LogP contribution in [0, 0.1) is 5.92 Å². The van der Waals surface area contributed by atoms with Gasteiger partial charge < -0.3 is 5.73 Å². The summed E-state index contributed by atoms with van der Waals surface area (Å²) in [4.78, 5) is 19.6. The summed E-state index contributed by atoms with van der Waals surface area (Å²) in [5.41, 5.74) is 7.92. The number of hydrogen-bond donors (Lipinski definition) is 1. The lowest BCUT2D eigenvalue weighted by Crippen LogP contribution is -2.23. The number of carbonyl (C=O) groups excluding carboxylic acids is 1. The molecule has 0 aliphatic heterocycles. The SMILES string of the molecule is CC(CC(CC(C)c1ccncc1)c1ccncc1)C(N)=O. The molecule has 2 heterocycles. The molecule has 0 aliphatic carbocycles. The summed E-state index contributed by atoms with van der Waals surface area (Å²) < 4.78 is 0. The molecule has 116 valence electrons. The summed E-state index contributed by atoms with van der Waals surface area (Å²) in [7, 11) is 0. The van der Waals surface area contributed by atoms with Crippen molar-refractivity contribution in [3.8, 4) is 0 Å². The molecule has 0 radical (unpaired) electrons. The number of nitrogens with two attached hydrogens (primary N) is 1. The van der Waals surface area contributed by atoms with E-state index in [2.05, 4.69) is 16.9 Å². The molecular weight excluding hydrogens is 274 g/mol. The van der Waals surface area contributed by atoms with Gasteiger partial charge in [0.15, 0.2) is 0 Å². The van der Waals surface area contributed by atoms with Crippen LogP contribution in [0.1, 0.15) is 49.7 Å². The number of rotatable bonds is 7. The molecule has 4 heteroatoms. The maximum absolute atomic E-state index is 11.4. The van der Waals surface area contributed by atoms with E-state index in [0.29, 0.717) is 5.92 Å². The van der Waals surface area contributed by atoms with E-state index in [-0.39, 0.29) is 17.7 Å². The summed E-state index contributed by atoms with van der Waals surface area (Å²) in [6.45, 7) is 4.10. The van der Waals surface area contributed by atoms with Crippen LogP contribution in [0.2, 0.25) is 0 Å². The Morgan fingerprint density at radius 1 is 0.955 bits per heavy atom. The third-order valence-corrected chi connectivity index (χ3v) is 4.21. The maximum atomic E-state index is 11.4. The van der Waals surface area contributed by atoms with Crippen LogP contribution < -0.4 is 5.73 Å². The molecule has 0 aromatic carbocycles. The van der Waals surface area contributed by atoms with Crippen LogP contribution in [-0.4, -0.2) is 15.9 Å². The van der Waals surface area contributed by atoms with E-state index in [1.165, 1.54) is 11.1 Å². The highest BCUT2D eigenvalue weighted by molar-refractivity contribution is 5.76. The minimum Gasteiger partial charge on any atom is -0.369 e. The number of hydrogen-bond acceptors (Lipinski definition) is 3. The highest BCUT2D eigenvalue weighted by Crippen LogP contribution is 2.33. The minimum atomic E-state index is -0.240. The number of primary amides is 1. The zero-order chi connectivity index (χ0) is 15.9. The van der Waals surface area contributed by atoms with Crippen molar-refractivity contribution in [3.63, 3.8) is 0 Å². The number of carbonyl (C=O) groups is 1. The first-order valence-electron chi connectivity index (χ1n) is 7.67. The van der Waals surface area contributed by atoms with Crippen molar-refractivity contribution in [1.82, 2.24) is 9.97 Å². The van der Waals surface area contributed by atoms with Gasteiger partial charge in [-0.25, -0.2) is 0 Å². The molecule has 0 saturated carbocycles. The summed E-state index contributed by atoms with van der Waals surface area (Å²) in [5.74, 6) is 0.299. The average molecular weight is 297 g/mol. The third-order valence-electron chi connectivity index (χ3n) is 4.21. The van der Waals surface area contributed by atoms with Crippen molar-refractivity contribution in [2.24, 2.45) is 11.7 Å². The van der Waals surface area contributed by atoms with Gasteiger partial charge in [0.25, 0.3) is 0 Å². The Kier molecular flexibility index (Phi) is 5.64. The van der Waals surface area contributed by atoms with E-state index in [4.69, 9.17) is 5.73 Å². The van der Waals surface area contributed by atoms with Gasteiger partial charge in [0.1, 0.15) is 0 Å². The predicted octanol–water partition coefficient (Wildman–Crippen LogP) is 3.27. The first-order valence-corrected chi connectivity index (χ1v) is 7.67. The van der Waals surface area contributed by atoms with Crippen LogP contribution in [0.3, 0.4) is 0 Å². The van der Waals surface area contributed by atoms with Gasteiger partial charge in [-0.1, -0.05) is 13.8 Å². The summed E-state index contributed by atoms with van der Waals surface area (Å²) in [6.07, 6.45) is 8.96. The summed E-state index contributed by atoms with van der Waals surface area (Å²) in [6, 6.07) is 8.15. The molecule has 0 spiro atoms. The van der Waals surface area contributed by atoms with Crippen molar-refractivity contribution >= 4 is 5.91 Å². The first-order chi connectivity index (χ1) is 10.6. The highest BCUT2D eigenvalue weighted by atomic mass is 16.1. The van der Waals surface area contributed by atoms with E-state index in [9.17, 15) is 4.79 Å². The van der Waals surface area contributed by atoms with Crippen molar-refractivity contribution < 1.29 is 4.79 Å². The van der Waals surface area contributed by atoms with Crippen molar-refractivity contribution in [1.29, 1.82) is 0 Å². The fourth-order valence-electron chi connectivity index (χ4n) is 2.80. The zero-order valence-corrected chi connectivity index (χ0v) is 13.1. The number of amides is 1. The van der Waals surface area contributed by atoms with E-state index >= 15 is 0 Å². The lowest BCUT2D eigenvalue weighted by molar-refractivity contribution is -0.121. The molecule has 2 rings (SSSR count). The van der Waals surface area contributed by atoms with Crippen molar-refractivity contribution in [2.45, 2.75) is 38.5 Å². The molecule has 2 aromatic rings. The molecule has 0 bridgehead atoms. The Labute approximate surface area is 131 Å². The maximum Gasteiger partial charge on any atom is 0.220 e. The lowest BCUT2D eigenvalue weighted by Gasteiger charge is -2.23. The van der Waals surface area contributed by atoms with Crippen LogP contribution >= 0.6 is 0 Å². The Hall–Kier alpha value is -2.23. The van der Waals surface area contributed by atoms with Gasteiger partial charge in [-0.3, -0.25) is 14.8 Å². The average Bonchev–Trinajstić information content (AvgIpc) is 2.55. The van der Waals surface area contributed by atoms with Crippen molar-refractivity contribution in [2.75, 3.05) is 0 Å². The monoisotopic (exact) mass is 297 g/mol. The Balaban J connectivity index is 2.16. The van der Waals surface area contributed by atoms with Crippen LogP contribution in [0.25, 0.3) is 0 Å². The molecule has 2 aromatic heterocycles. The standard InChI is InChI=1S/C18H23N3O/c1-13(15-3-7-20-8-4-15)11-17(12-14(2)18(19)22)16-5-9-21-10-6-16/h3-10,13-14,17H,11-12H2,1-2H3,(H2,19,22). The Bertz CT molecular complexity index is 586. The largest absolute Gasteiger partial charge is 0.369 e. The second kappa shape index (κ2) is 7.69. The van der Waals surface area contributed by atoms with Gasteiger partial charge in [-0.05, 0) is 60.1 Å². The van der Waals surface area contributed by atoms with E-state index < -0.39 is 0 Å². The number of aromatic nitrogens is 2. The minimum absolute atomic E-state index is 0.136. The van der Waals surface area contributed by atoms with E-state index in [1.807, 2.05) is 43.6 Å². The second-order valence-corrected chi connectivity index (χ2v) is 5.93.